The topological polar surface area (TPSA) is 98.7 Å². The highest BCUT2D eigenvalue weighted by molar-refractivity contribution is 7.92. The Kier molecular flexibility index (Phi) is 10.3. The fourth-order valence-electron chi connectivity index (χ4n) is 5.48. The molecule has 2 atom stereocenters. The Morgan fingerprint density at radius 1 is 0.809 bits per heavy atom. The van der Waals surface area contributed by atoms with Gasteiger partial charge in [0.15, 0.2) is 0 Å². The molecule has 5 aromatic carbocycles. The molecule has 244 valence electrons. The van der Waals surface area contributed by atoms with Gasteiger partial charge >= 0.3 is 6.18 Å². The molecule has 5 aromatic rings. The van der Waals surface area contributed by atoms with Gasteiger partial charge in [0, 0.05) is 18.5 Å². The number of aliphatic hydroxyl groups excluding tert-OH is 1. The van der Waals surface area contributed by atoms with Crippen LogP contribution in [0.2, 0.25) is 0 Å². The van der Waals surface area contributed by atoms with Crippen LogP contribution in [0.4, 0.5) is 24.5 Å². The first-order chi connectivity index (χ1) is 22.4. The summed E-state index contributed by atoms with van der Waals surface area (Å²) in [7, 11) is -3.94. The molecule has 0 aromatic heterocycles. The number of carbonyl (C=O) groups is 1. The largest absolute Gasteiger partial charge is 0.416 e. The summed E-state index contributed by atoms with van der Waals surface area (Å²) in [6, 6.07) is 32.2. The molecule has 0 saturated heterocycles. The summed E-state index contributed by atoms with van der Waals surface area (Å²) in [4.78, 5) is 14.0. The lowest BCUT2D eigenvalue weighted by molar-refractivity contribution is -0.137. The molecule has 0 fully saturated rings. The normalized spacial score (nSPS) is 13.2. The minimum Gasteiger partial charge on any atom is -0.390 e. The van der Waals surface area contributed by atoms with Crippen molar-refractivity contribution in [2.45, 2.75) is 31.3 Å². The van der Waals surface area contributed by atoms with Gasteiger partial charge in [-0.1, -0.05) is 97.1 Å². The Hall–Kier alpha value is -4.71. The van der Waals surface area contributed by atoms with Gasteiger partial charge < -0.3 is 15.7 Å². The van der Waals surface area contributed by atoms with Gasteiger partial charge in [-0.15, -0.1) is 0 Å². The monoisotopic (exact) mass is 661 g/mol. The minimum atomic E-state index is -4.48. The van der Waals surface area contributed by atoms with Crippen molar-refractivity contribution in [1.82, 2.24) is 10.6 Å². The number of anilines is 2. The highest BCUT2D eigenvalue weighted by Gasteiger charge is 2.31. The number of benzene rings is 5. The van der Waals surface area contributed by atoms with E-state index < -0.39 is 39.8 Å². The molecule has 0 saturated carbocycles. The van der Waals surface area contributed by atoms with Crippen LogP contribution < -0.4 is 14.9 Å². The van der Waals surface area contributed by atoms with Crippen molar-refractivity contribution >= 4 is 38.1 Å². The predicted molar refractivity (Wildman–Crippen MR) is 178 cm³/mol. The van der Waals surface area contributed by atoms with Gasteiger partial charge in [-0.25, -0.2) is 12.7 Å². The zero-order valence-corrected chi connectivity index (χ0v) is 26.3. The molecule has 0 heterocycles. The Morgan fingerprint density at radius 3 is 2.17 bits per heavy atom. The van der Waals surface area contributed by atoms with Gasteiger partial charge in [-0.05, 0) is 47.2 Å². The van der Waals surface area contributed by atoms with Gasteiger partial charge in [0.25, 0.3) is 5.91 Å². The standard InChI is InChI=1S/C36H34F3N3O4S/c1-47(45,46)42(32-20-10-15-27-14-5-6-17-29(27)32)33-19-8-7-18-30(33)35(44)41-31(22-25-11-3-2-4-12-25)34(43)24-40-23-26-13-9-16-28(21-26)36(37,38)39/h2-21,31,34,40,43H,22-24H2,1H3,(H,41,44)/t31-,34+/m0/s1. The van der Waals surface area contributed by atoms with Crippen LogP contribution in [0.15, 0.2) is 121 Å². The van der Waals surface area contributed by atoms with E-state index in [2.05, 4.69) is 10.6 Å². The van der Waals surface area contributed by atoms with Gasteiger partial charge in [0.1, 0.15) is 0 Å². The fourth-order valence-corrected chi connectivity index (χ4v) is 6.51. The number of nitrogens with one attached hydrogen (secondary N) is 2. The van der Waals surface area contributed by atoms with Gasteiger partial charge in [0.2, 0.25) is 10.0 Å². The van der Waals surface area contributed by atoms with Crippen LogP contribution in [-0.4, -0.2) is 44.4 Å². The van der Waals surface area contributed by atoms with Crippen LogP contribution in [0, 0.1) is 0 Å². The molecule has 0 unspecified atom stereocenters. The second-order valence-corrected chi connectivity index (χ2v) is 13.0. The van der Waals surface area contributed by atoms with Crippen molar-refractivity contribution in [3.8, 4) is 0 Å². The Labute approximate surface area is 271 Å². The number of hydrogen-bond acceptors (Lipinski definition) is 5. The number of carbonyl (C=O) groups excluding carboxylic acids is 1. The smallest absolute Gasteiger partial charge is 0.390 e. The van der Waals surface area contributed by atoms with Crippen LogP contribution in [0.1, 0.15) is 27.0 Å². The first-order valence-corrected chi connectivity index (χ1v) is 16.7. The fraction of sp³-hybridized carbons (Fsp3) is 0.194. The van der Waals surface area contributed by atoms with Gasteiger partial charge in [0.05, 0.1) is 40.9 Å². The zero-order valence-electron chi connectivity index (χ0n) is 25.5. The highest BCUT2D eigenvalue weighted by Crippen LogP contribution is 2.36. The summed E-state index contributed by atoms with van der Waals surface area (Å²) in [5.74, 6) is -0.604. The molecule has 1 amide bonds. The Morgan fingerprint density at radius 2 is 1.43 bits per heavy atom. The summed E-state index contributed by atoms with van der Waals surface area (Å²) < 4.78 is 67.3. The highest BCUT2D eigenvalue weighted by atomic mass is 32.2. The molecule has 0 aliphatic heterocycles. The molecule has 47 heavy (non-hydrogen) atoms. The lowest BCUT2D eigenvalue weighted by Crippen LogP contribution is -2.49. The first kappa shape index (κ1) is 33.6. The second kappa shape index (κ2) is 14.4. The van der Waals surface area contributed by atoms with Crippen molar-refractivity contribution in [2.24, 2.45) is 0 Å². The predicted octanol–water partition coefficient (Wildman–Crippen LogP) is 6.45. The number of para-hydroxylation sites is 1. The van der Waals surface area contributed by atoms with E-state index in [0.29, 0.717) is 16.6 Å². The van der Waals surface area contributed by atoms with E-state index in [1.807, 2.05) is 60.7 Å². The van der Waals surface area contributed by atoms with Crippen molar-refractivity contribution < 1.29 is 31.5 Å². The number of halogens is 3. The van der Waals surface area contributed by atoms with Crippen molar-refractivity contribution in [3.63, 3.8) is 0 Å². The molecule has 3 N–H and O–H groups in total. The maximum absolute atomic E-state index is 14.0. The van der Waals surface area contributed by atoms with Crippen molar-refractivity contribution in [1.29, 1.82) is 0 Å². The van der Waals surface area contributed by atoms with Crippen LogP contribution in [0.5, 0.6) is 0 Å². The van der Waals surface area contributed by atoms with E-state index >= 15 is 0 Å². The van der Waals surface area contributed by atoms with Crippen molar-refractivity contribution in [2.75, 3.05) is 17.1 Å². The third-order valence-corrected chi connectivity index (χ3v) is 8.76. The number of alkyl halides is 3. The maximum Gasteiger partial charge on any atom is 0.416 e. The average Bonchev–Trinajstić information content (AvgIpc) is 3.04. The summed E-state index contributed by atoms with van der Waals surface area (Å²) in [5.41, 5.74) is 1.05. The van der Waals surface area contributed by atoms with Crippen LogP contribution >= 0.6 is 0 Å². The third kappa shape index (κ3) is 8.37. The van der Waals surface area contributed by atoms with E-state index in [1.165, 1.54) is 12.1 Å². The van der Waals surface area contributed by atoms with Crippen molar-refractivity contribution in [3.05, 3.63) is 144 Å². The van der Waals surface area contributed by atoms with Crippen LogP contribution in [0.3, 0.4) is 0 Å². The van der Waals surface area contributed by atoms with Gasteiger partial charge in [-0.2, -0.15) is 13.2 Å². The molecule has 0 bridgehead atoms. The van der Waals surface area contributed by atoms with E-state index in [4.69, 9.17) is 0 Å². The summed E-state index contributed by atoms with van der Waals surface area (Å²) >= 11 is 0. The minimum absolute atomic E-state index is 0.0405. The molecule has 5 rings (SSSR count). The molecule has 7 nitrogen and oxygen atoms in total. The Balaban J connectivity index is 1.41. The average molecular weight is 662 g/mol. The Bertz CT molecular complexity index is 1950. The summed E-state index contributed by atoms with van der Waals surface area (Å²) in [5, 5.41) is 18.7. The van der Waals surface area contributed by atoms with Crippen LogP contribution in [-0.2, 0) is 29.2 Å². The molecule has 0 aliphatic rings. The summed E-state index contributed by atoms with van der Waals surface area (Å²) in [6.07, 6.45) is -4.32. The quantitative estimate of drug-likeness (QED) is 0.143. The molecular weight excluding hydrogens is 627 g/mol. The van der Waals surface area contributed by atoms with Crippen LogP contribution in [0.25, 0.3) is 10.8 Å². The summed E-state index contributed by atoms with van der Waals surface area (Å²) in [6.45, 7) is 0.0192. The van der Waals surface area contributed by atoms with E-state index in [0.717, 1.165) is 33.6 Å². The maximum atomic E-state index is 14.0. The zero-order chi connectivity index (χ0) is 33.6. The number of rotatable bonds is 12. The molecule has 0 radical (unpaired) electrons. The second-order valence-electron chi connectivity index (χ2n) is 11.2. The number of fused-ring (bicyclic) bond motifs is 1. The van der Waals surface area contributed by atoms with E-state index in [-0.39, 0.29) is 30.8 Å². The SMILES string of the molecule is CS(=O)(=O)N(c1ccccc1C(=O)N[C@@H](Cc1ccccc1)[C@H](O)CNCc1cccc(C(F)(F)F)c1)c1cccc2ccccc12. The number of amides is 1. The molecule has 11 heteroatoms. The number of hydrogen-bond donors (Lipinski definition) is 3. The first-order valence-electron chi connectivity index (χ1n) is 14.9. The molecule has 0 spiro atoms. The number of sulfonamides is 1. The number of nitrogens with zero attached hydrogens (tertiary/aromatic N) is 1. The van der Waals surface area contributed by atoms with Gasteiger partial charge in [-0.3, -0.25) is 4.79 Å². The molecular formula is C36H34F3N3O4S. The lowest BCUT2D eigenvalue weighted by Gasteiger charge is -2.28. The molecule has 0 aliphatic carbocycles. The van der Waals surface area contributed by atoms with E-state index in [9.17, 15) is 31.5 Å². The third-order valence-electron chi connectivity index (χ3n) is 7.70. The number of aliphatic hydroxyl groups is 1. The van der Waals surface area contributed by atoms with E-state index in [1.54, 1.807) is 36.4 Å². The lowest BCUT2D eigenvalue weighted by atomic mass is 10.00.